The monoisotopic (exact) mass is 351 g/mol. The molecule has 2 aromatic rings. The molecule has 2 nitrogen and oxygen atoms in total. The number of rotatable bonds is 4. The Kier molecular flexibility index (Phi) is 4.76. The topological polar surface area (TPSA) is 30.0 Å². The molecule has 0 fully saturated rings. The summed E-state index contributed by atoms with van der Waals surface area (Å²) in [5.74, 6) is 0.201. The Balaban J connectivity index is 2.02. The van der Waals surface area contributed by atoms with E-state index in [1.54, 1.807) is 11.3 Å². The van der Waals surface area contributed by atoms with Gasteiger partial charge in [0.05, 0.1) is 12.1 Å². The second-order valence-electron chi connectivity index (χ2n) is 5.86. The van der Waals surface area contributed by atoms with Crippen LogP contribution in [0.5, 0.6) is 0 Å². The minimum Gasteiger partial charge on any atom is -0.299 e. The van der Waals surface area contributed by atoms with Crippen LogP contribution in [0.15, 0.2) is 34.1 Å². The van der Waals surface area contributed by atoms with Crippen LogP contribution in [0.25, 0.3) is 0 Å². The molecule has 1 aromatic carbocycles. The minimum absolute atomic E-state index is 0.0419. The summed E-state index contributed by atoms with van der Waals surface area (Å²) in [6.07, 6.45) is 0.869. The van der Waals surface area contributed by atoms with Crippen molar-refractivity contribution in [3.63, 3.8) is 0 Å². The lowest BCUT2D eigenvalue weighted by Gasteiger charge is -2.14. The molecule has 4 heteroatoms. The van der Waals surface area contributed by atoms with E-state index in [0.717, 1.165) is 20.7 Å². The van der Waals surface area contributed by atoms with Crippen LogP contribution in [-0.2, 0) is 23.1 Å². The van der Waals surface area contributed by atoms with Gasteiger partial charge in [-0.15, -0.1) is 11.3 Å². The highest BCUT2D eigenvalue weighted by Crippen LogP contribution is 2.24. The van der Waals surface area contributed by atoms with E-state index in [0.29, 0.717) is 12.8 Å². The zero-order chi connectivity index (χ0) is 14.8. The van der Waals surface area contributed by atoms with Crippen molar-refractivity contribution in [1.82, 2.24) is 4.98 Å². The van der Waals surface area contributed by atoms with Gasteiger partial charge in [0.25, 0.3) is 0 Å². The number of halogens is 1. The normalized spacial score (nSPS) is 11.6. The van der Waals surface area contributed by atoms with Crippen molar-refractivity contribution in [3.05, 3.63) is 50.4 Å². The third kappa shape index (κ3) is 4.00. The Bertz CT molecular complexity index is 613. The van der Waals surface area contributed by atoms with Gasteiger partial charge < -0.3 is 0 Å². The Hall–Kier alpha value is -1.000. The molecule has 1 aromatic heterocycles. The van der Waals surface area contributed by atoms with Gasteiger partial charge in [0.1, 0.15) is 10.8 Å². The molecule has 0 atom stereocenters. The largest absolute Gasteiger partial charge is 0.299 e. The van der Waals surface area contributed by atoms with E-state index in [2.05, 4.69) is 47.1 Å². The molecule has 0 aliphatic carbocycles. The van der Waals surface area contributed by atoms with E-state index >= 15 is 0 Å². The summed E-state index contributed by atoms with van der Waals surface area (Å²) in [6.45, 7) is 6.40. The molecule has 0 aliphatic heterocycles. The van der Waals surface area contributed by atoms with Crippen LogP contribution in [0.1, 0.15) is 37.0 Å². The van der Waals surface area contributed by atoms with Crippen molar-refractivity contribution in [2.45, 2.75) is 39.0 Å². The highest BCUT2D eigenvalue weighted by Gasteiger charge is 2.18. The molecule has 0 spiro atoms. The number of aromatic nitrogens is 1. The smallest absolute Gasteiger partial charge is 0.144 e. The number of ketones is 1. The Morgan fingerprint density at radius 1 is 1.25 bits per heavy atom. The number of benzene rings is 1. The second-order valence-corrected chi connectivity index (χ2v) is 7.66. The summed E-state index contributed by atoms with van der Waals surface area (Å²) in [7, 11) is 0. The summed E-state index contributed by atoms with van der Waals surface area (Å²) >= 11 is 5.05. The minimum atomic E-state index is 0.0419. The first-order chi connectivity index (χ1) is 9.36. The summed E-state index contributed by atoms with van der Waals surface area (Å²) in [5.41, 5.74) is 2.14. The molecule has 2 rings (SSSR count). The molecule has 0 saturated carbocycles. The molecular formula is C16H18BrNOS. The van der Waals surface area contributed by atoms with Crippen LogP contribution in [0.4, 0.5) is 0 Å². The first-order valence-electron chi connectivity index (χ1n) is 6.56. The maximum atomic E-state index is 12.1. The van der Waals surface area contributed by atoms with Crippen molar-refractivity contribution >= 4 is 33.0 Å². The molecule has 0 radical (unpaired) electrons. The second kappa shape index (κ2) is 6.19. The highest BCUT2D eigenvalue weighted by atomic mass is 79.9. The summed E-state index contributed by atoms with van der Waals surface area (Å²) in [5, 5.41) is 2.97. The van der Waals surface area contributed by atoms with Gasteiger partial charge in [-0.25, -0.2) is 4.98 Å². The molecule has 0 saturated heterocycles. The van der Waals surface area contributed by atoms with Crippen molar-refractivity contribution in [2.75, 3.05) is 0 Å². The van der Waals surface area contributed by atoms with Gasteiger partial charge in [0, 0.05) is 21.7 Å². The zero-order valence-corrected chi connectivity index (χ0v) is 14.3. The molecule has 106 valence electrons. The quantitative estimate of drug-likeness (QED) is 0.808. The van der Waals surface area contributed by atoms with Gasteiger partial charge in [-0.05, 0) is 11.6 Å². The number of carbonyl (C=O) groups is 1. The van der Waals surface area contributed by atoms with Gasteiger partial charge in [0.2, 0.25) is 0 Å². The lowest BCUT2D eigenvalue weighted by molar-refractivity contribution is -0.117. The predicted octanol–water partition coefficient (Wildman–Crippen LogP) is 4.56. The van der Waals surface area contributed by atoms with Crippen LogP contribution in [0.3, 0.4) is 0 Å². The van der Waals surface area contributed by atoms with Crippen LogP contribution >= 0.6 is 27.3 Å². The van der Waals surface area contributed by atoms with Crippen LogP contribution in [0, 0.1) is 0 Å². The fourth-order valence-electron chi connectivity index (χ4n) is 1.82. The van der Waals surface area contributed by atoms with Crippen molar-refractivity contribution in [2.24, 2.45) is 0 Å². The molecule has 20 heavy (non-hydrogen) atoms. The molecule has 0 N–H and O–H groups in total. The van der Waals surface area contributed by atoms with Crippen molar-refractivity contribution in [3.8, 4) is 0 Å². The van der Waals surface area contributed by atoms with Crippen molar-refractivity contribution < 1.29 is 4.79 Å². The first kappa shape index (κ1) is 15.4. The van der Waals surface area contributed by atoms with Crippen LogP contribution in [-0.4, -0.2) is 10.8 Å². The molecular weight excluding hydrogens is 334 g/mol. The van der Waals surface area contributed by atoms with Gasteiger partial charge in [-0.1, -0.05) is 54.9 Å². The molecule has 0 bridgehead atoms. The van der Waals surface area contributed by atoms with Gasteiger partial charge in [-0.2, -0.15) is 0 Å². The van der Waals surface area contributed by atoms with Crippen molar-refractivity contribution in [1.29, 1.82) is 0 Å². The first-order valence-corrected chi connectivity index (χ1v) is 8.23. The predicted molar refractivity (Wildman–Crippen MR) is 87.4 cm³/mol. The molecule has 0 aliphatic rings. The molecule has 1 heterocycles. The Morgan fingerprint density at radius 2 is 1.95 bits per heavy atom. The SMILES string of the molecule is CC(C)(C)c1csc(CC(=O)Cc2ccccc2Br)n1. The third-order valence-corrected chi connectivity index (χ3v) is 4.64. The Morgan fingerprint density at radius 3 is 2.55 bits per heavy atom. The lowest BCUT2D eigenvalue weighted by Crippen LogP contribution is -2.12. The number of Topliss-reactive ketones (excluding diaryl/α,β-unsaturated/α-hetero) is 1. The van der Waals surface area contributed by atoms with E-state index in [4.69, 9.17) is 0 Å². The summed E-state index contributed by atoms with van der Waals surface area (Å²) < 4.78 is 0.989. The fourth-order valence-corrected chi connectivity index (χ4v) is 3.30. The standard InChI is InChI=1S/C16H18BrNOS/c1-16(2,3)14-10-20-15(18-14)9-12(19)8-11-6-4-5-7-13(11)17/h4-7,10H,8-9H2,1-3H3. The maximum Gasteiger partial charge on any atom is 0.144 e. The fraction of sp³-hybridized carbons (Fsp3) is 0.375. The van der Waals surface area contributed by atoms with E-state index in [1.165, 1.54) is 0 Å². The molecule has 0 unspecified atom stereocenters. The van der Waals surface area contributed by atoms with E-state index in [-0.39, 0.29) is 11.2 Å². The summed E-state index contributed by atoms with van der Waals surface area (Å²) in [4.78, 5) is 16.7. The lowest BCUT2D eigenvalue weighted by atomic mass is 9.93. The van der Waals surface area contributed by atoms with Gasteiger partial charge in [0.15, 0.2) is 0 Å². The average Bonchev–Trinajstić information content (AvgIpc) is 2.80. The van der Waals surface area contributed by atoms with Crippen LogP contribution in [0.2, 0.25) is 0 Å². The third-order valence-electron chi connectivity index (χ3n) is 3.01. The molecule has 0 amide bonds. The number of hydrogen-bond acceptors (Lipinski definition) is 3. The Labute approximate surface area is 132 Å². The van der Waals surface area contributed by atoms with Gasteiger partial charge in [-0.3, -0.25) is 4.79 Å². The number of thiazole rings is 1. The van der Waals surface area contributed by atoms with E-state index in [1.807, 2.05) is 24.3 Å². The summed E-state index contributed by atoms with van der Waals surface area (Å²) in [6, 6.07) is 7.84. The van der Waals surface area contributed by atoms with E-state index in [9.17, 15) is 4.79 Å². The van der Waals surface area contributed by atoms with Gasteiger partial charge >= 0.3 is 0 Å². The number of nitrogens with zero attached hydrogens (tertiary/aromatic N) is 1. The van der Waals surface area contributed by atoms with Crippen LogP contribution < -0.4 is 0 Å². The maximum absolute atomic E-state index is 12.1. The number of carbonyl (C=O) groups excluding carboxylic acids is 1. The number of hydrogen-bond donors (Lipinski definition) is 0. The van der Waals surface area contributed by atoms with E-state index < -0.39 is 0 Å². The highest BCUT2D eigenvalue weighted by molar-refractivity contribution is 9.10. The average molecular weight is 352 g/mol. The zero-order valence-electron chi connectivity index (χ0n) is 11.9.